The van der Waals surface area contributed by atoms with Gasteiger partial charge in [-0.3, -0.25) is 0 Å². The lowest BCUT2D eigenvalue weighted by Gasteiger charge is -2.18. The lowest BCUT2D eigenvalue weighted by molar-refractivity contribution is -0.0356. The Hall–Kier alpha value is -0.120. The summed E-state index contributed by atoms with van der Waals surface area (Å²) in [5, 5.41) is 26.1. The number of aliphatic hydroxyl groups excluding tert-OH is 3. The minimum absolute atomic E-state index is 0.00727. The number of hydrogen-bond donors (Lipinski definition) is 3. The van der Waals surface area contributed by atoms with Crippen LogP contribution in [0.5, 0.6) is 0 Å². The number of hydrogen-bond acceptors (Lipinski definition) is 3. The summed E-state index contributed by atoms with van der Waals surface area (Å²) in [5.41, 5.74) is 0. The molecule has 0 aliphatic rings. The van der Waals surface area contributed by atoms with Gasteiger partial charge in [0.05, 0.1) is 12.7 Å². The molecule has 0 aliphatic carbocycles. The van der Waals surface area contributed by atoms with E-state index >= 15 is 0 Å². The highest BCUT2D eigenvalue weighted by atomic mass is 16.4. The van der Waals surface area contributed by atoms with Gasteiger partial charge < -0.3 is 15.3 Å². The highest BCUT2D eigenvalue weighted by Gasteiger charge is 2.17. The molecular formula is C6H14O3. The maximum atomic E-state index is 8.98. The van der Waals surface area contributed by atoms with Crippen LogP contribution in [0.1, 0.15) is 13.8 Å². The first-order valence-electron chi connectivity index (χ1n) is 3.06. The van der Waals surface area contributed by atoms with Crippen molar-refractivity contribution in [2.75, 3.05) is 6.61 Å². The summed E-state index contributed by atoms with van der Waals surface area (Å²) in [6, 6.07) is 0. The van der Waals surface area contributed by atoms with Crippen molar-refractivity contribution in [3.05, 3.63) is 0 Å². The highest BCUT2D eigenvalue weighted by molar-refractivity contribution is 4.68. The SMILES string of the molecule is CC(C)[C@@H](O)C(O)CO. The van der Waals surface area contributed by atoms with E-state index in [1.807, 2.05) is 0 Å². The molecule has 9 heavy (non-hydrogen) atoms. The molecular weight excluding hydrogens is 120 g/mol. The number of aliphatic hydroxyl groups is 3. The molecule has 3 N–H and O–H groups in total. The lowest BCUT2D eigenvalue weighted by Crippen LogP contribution is -2.33. The fraction of sp³-hybridized carbons (Fsp3) is 1.00. The first-order valence-corrected chi connectivity index (χ1v) is 3.06. The summed E-state index contributed by atoms with van der Waals surface area (Å²) in [7, 11) is 0. The molecule has 0 heterocycles. The van der Waals surface area contributed by atoms with Crippen LogP contribution in [0.25, 0.3) is 0 Å². The first-order chi connectivity index (χ1) is 4.09. The topological polar surface area (TPSA) is 60.7 Å². The molecule has 0 aromatic carbocycles. The van der Waals surface area contributed by atoms with Gasteiger partial charge in [-0.1, -0.05) is 13.8 Å². The smallest absolute Gasteiger partial charge is 0.103 e. The van der Waals surface area contributed by atoms with Gasteiger partial charge in [-0.25, -0.2) is 0 Å². The van der Waals surface area contributed by atoms with Gasteiger partial charge in [-0.05, 0) is 5.92 Å². The molecule has 56 valence electrons. The molecule has 0 fully saturated rings. The summed E-state index contributed by atoms with van der Waals surface area (Å²) in [4.78, 5) is 0. The Morgan fingerprint density at radius 1 is 1.22 bits per heavy atom. The van der Waals surface area contributed by atoms with Gasteiger partial charge in [0.15, 0.2) is 0 Å². The molecule has 0 spiro atoms. The van der Waals surface area contributed by atoms with Crippen LogP contribution in [-0.2, 0) is 0 Å². The summed E-state index contributed by atoms with van der Waals surface area (Å²) in [6.07, 6.45) is -1.81. The zero-order valence-electron chi connectivity index (χ0n) is 5.78. The zero-order chi connectivity index (χ0) is 7.44. The lowest BCUT2D eigenvalue weighted by atomic mass is 10.0. The van der Waals surface area contributed by atoms with E-state index in [0.29, 0.717) is 0 Å². The van der Waals surface area contributed by atoms with Gasteiger partial charge in [-0.15, -0.1) is 0 Å². The monoisotopic (exact) mass is 134 g/mol. The van der Waals surface area contributed by atoms with E-state index in [2.05, 4.69) is 0 Å². The van der Waals surface area contributed by atoms with Crippen LogP contribution in [0, 0.1) is 5.92 Å². The van der Waals surface area contributed by atoms with Crippen molar-refractivity contribution < 1.29 is 15.3 Å². The second kappa shape index (κ2) is 3.82. The summed E-state index contributed by atoms with van der Waals surface area (Å²) in [6.45, 7) is 3.19. The summed E-state index contributed by atoms with van der Waals surface area (Å²) >= 11 is 0. The molecule has 0 amide bonds. The van der Waals surface area contributed by atoms with Gasteiger partial charge in [0.1, 0.15) is 6.10 Å². The quantitative estimate of drug-likeness (QED) is 0.481. The van der Waals surface area contributed by atoms with E-state index in [1.165, 1.54) is 0 Å². The standard InChI is InChI=1S/C6H14O3/c1-4(2)6(9)5(8)3-7/h4-9H,3H2,1-2H3/t5?,6-/m1/s1. The maximum absolute atomic E-state index is 8.98. The van der Waals surface area contributed by atoms with Crippen molar-refractivity contribution in [3.8, 4) is 0 Å². The predicted molar refractivity (Wildman–Crippen MR) is 33.9 cm³/mol. The Labute approximate surface area is 54.9 Å². The Morgan fingerprint density at radius 2 is 1.67 bits per heavy atom. The zero-order valence-corrected chi connectivity index (χ0v) is 5.78. The van der Waals surface area contributed by atoms with Crippen molar-refractivity contribution in [1.29, 1.82) is 0 Å². The molecule has 2 atom stereocenters. The molecule has 0 aromatic rings. The fourth-order valence-corrected chi connectivity index (χ4v) is 0.552. The molecule has 3 nitrogen and oxygen atoms in total. The minimum Gasteiger partial charge on any atom is -0.394 e. The summed E-state index contributed by atoms with van der Waals surface area (Å²) in [5.74, 6) is -0.00727. The van der Waals surface area contributed by atoms with Crippen LogP contribution in [-0.4, -0.2) is 34.1 Å². The van der Waals surface area contributed by atoms with Crippen molar-refractivity contribution in [2.45, 2.75) is 26.1 Å². The van der Waals surface area contributed by atoms with E-state index in [4.69, 9.17) is 15.3 Å². The average molecular weight is 134 g/mol. The molecule has 0 saturated carbocycles. The average Bonchev–Trinajstić information content (AvgIpc) is 1.84. The van der Waals surface area contributed by atoms with Gasteiger partial charge in [-0.2, -0.15) is 0 Å². The van der Waals surface area contributed by atoms with Gasteiger partial charge in [0.25, 0.3) is 0 Å². The van der Waals surface area contributed by atoms with Crippen LogP contribution in [0.4, 0.5) is 0 Å². The van der Waals surface area contributed by atoms with Gasteiger partial charge >= 0.3 is 0 Å². The fourth-order valence-electron chi connectivity index (χ4n) is 0.552. The third-order valence-electron chi connectivity index (χ3n) is 1.26. The van der Waals surface area contributed by atoms with Crippen LogP contribution in [0.3, 0.4) is 0 Å². The Morgan fingerprint density at radius 3 is 1.78 bits per heavy atom. The second-order valence-corrected chi connectivity index (χ2v) is 2.48. The first kappa shape index (κ1) is 8.88. The number of rotatable bonds is 3. The van der Waals surface area contributed by atoms with Crippen molar-refractivity contribution >= 4 is 0 Å². The third-order valence-corrected chi connectivity index (χ3v) is 1.26. The van der Waals surface area contributed by atoms with Gasteiger partial charge in [0.2, 0.25) is 0 Å². The van der Waals surface area contributed by atoms with E-state index in [-0.39, 0.29) is 12.5 Å². The largest absolute Gasteiger partial charge is 0.394 e. The van der Waals surface area contributed by atoms with Crippen molar-refractivity contribution in [3.63, 3.8) is 0 Å². The molecule has 0 saturated heterocycles. The Kier molecular flexibility index (Phi) is 3.77. The third kappa shape index (κ3) is 2.79. The molecule has 0 radical (unpaired) electrons. The summed E-state index contributed by atoms with van der Waals surface area (Å²) < 4.78 is 0. The Balaban J connectivity index is 3.58. The molecule has 0 rings (SSSR count). The minimum atomic E-state index is -0.995. The highest BCUT2D eigenvalue weighted by Crippen LogP contribution is 2.04. The van der Waals surface area contributed by atoms with Crippen molar-refractivity contribution in [1.82, 2.24) is 0 Å². The molecule has 0 aromatic heterocycles. The van der Waals surface area contributed by atoms with E-state index < -0.39 is 12.2 Å². The Bertz CT molecular complexity index is 72.7. The molecule has 1 unspecified atom stereocenters. The molecule has 0 bridgehead atoms. The second-order valence-electron chi connectivity index (χ2n) is 2.48. The molecule has 3 heteroatoms. The van der Waals surface area contributed by atoms with E-state index in [9.17, 15) is 0 Å². The normalized spacial score (nSPS) is 18.0. The van der Waals surface area contributed by atoms with E-state index in [1.54, 1.807) is 13.8 Å². The van der Waals surface area contributed by atoms with Crippen LogP contribution in [0.15, 0.2) is 0 Å². The van der Waals surface area contributed by atoms with Crippen LogP contribution in [0.2, 0.25) is 0 Å². The van der Waals surface area contributed by atoms with Crippen LogP contribution >= 0.6 is 0 Å². The van der Waals surface area contributed by atoms with Gasteiger partial charge in [0, 0.05) is 0 Å². The predicted octanol–water partition coefficient (Wildman–Crippen LogP) is -0.643. The molecule has 0 aliphatic heterocycles. The van der Waals surface area contributed by atoms with E-state index in [0.717, 1.165) is 0 Å². The maximum Gasteiger partial charge on any atom is 0.103 e. The van der Waals surface area contributed by atoms with Crippen molar-refractivity contribution in [2.24, 2.45) is 5.92 Å². The van der Waals surface area contributed by atoms with Crippen LogP contribution < -0.4 is 0 Å².